The van der Waals surface area contributed by atoms with Gasteiger partial charge in [0, 0.05) is 19.4 Å². The molecule has 6 rings (SSSR count). The number of rotatable bonds is 13. The van der Waals surface area contributed by atoms with Gasteiger partial charge in [-0.3, -0.25) is 0 Å². The maximum atomic E-state index is 7.05. The highest BCUT2D eigenvalue weighted by Gasteiger charge is 2.50. The lowest BCUT2D eigenvalue weighted by molar-refractivity contribution is -0.243. The van der Waals surface area contributed by atoms with Crippen molar-refractivity contribution in [2.45, 2.75) is 107 Å². The van der Waals surface area contributed by atoms with Crippen LogP contribution in [0, 0.1) is 0 Å². The first kappa shape index (κ1) is 32.7. The van der Waals surface area contributed by atoms with Gasteiger partial charge in [0.2, 0.25) is 0 Å². The molecule has 7 atom stereocenters. The van der Waals surface area contributed by atoms with Gasteiger partial charge in [-0.1, -0.05) is 79.4 Å². The number of ether oxygens (including phenoxy) is 7. The van der Waals surface area contributed by atoms with Crippen molar-refractivity contribution in [3.05, 3.63) is 114 Å². The third-order valence-electron chi connectivity index (χ3n) is 9.54. The van der Waals surface area contributed by atoms with E-state index in [0.717, 1.165) is 49.0 Å². The Balaban J connectivity index is 1.08. The van der Waals surface area contributed by atoms with E-state index in [0.29, 0.717) is 38.6 Å². The Morgan fingerprint density at radius 3 is 2.13 bits per heavy atom. The molecule has 0 unspecified atom stereocenters. The SMILES string of the molecule is C=C1O[C@H]2C[C@H]3O[C@@](C)(CCCOCc4ccccc4)[C@H](OCc4ccccc4)CC[C@@H]3O[C@@H]2C[C@@H]1OCc1ccc(OC)cc1. The predicted octanol–water partition coefficient (Wildman–Crippen LogP) is 7.56. The van der Waals surface area contributed by atoms with E-state index < -0.39 is 5.60 Å². The highest BCUT2D eigenvalue weighted by molar-refractivity contribution is 5.26. The van der Waals surface area contributed by atoms with Crippen molar-refractivity contribution in [2.75, 3.05) is 13.7 Å². The Morgan fingerprint density at radius 1 is 0.739 bits per heavy atom. The molecule has 0 aliphatic carbocycles. The summed E-state index contributed by atoms with van der Waals surface area (Å²) in [6, 6.07) is 28.6. The summed E-state index contributed by atoms with van der Waals surface area (Å²) in [7, 11) is 1.67. The van der Waals surface area contributed by atoms with Crippen molar-refractivity contribution in [1.29, 1.82) is 0 Å². The predicted molar refractivity (Wildman–Crippen MR) is 176 cm³/mol. The second-order valence-electron chi connectivity index (χ2n) is 12.9. The van der Waals surface area contributed by atoms with E-state index in [1.165, 1.54) is 5.56 Å². The highest BCUT2D eigenvalue weighted by atomic mass is 16.6. The molecular formula is C39H48O7. The summed E-state index contributed by atoms with van der Waals surface area (Å²) in [6.07, 6.45) is 4.28. The Bertz CT molecular complexity index is 1360. The van der Waals surface area contributed by atoms with Crippen molar-refractivity contribution >= 4 is 0 Å². The lowest BCUT2D eigenvalue weighted by Crippen LogP contribution is -2.54. The van der Waals surface area contributed by atoms with Crippen molar-refractivity contribution < 1.29 is 33.2 Å². The topological polar surface area (TPSA) is 64.6 Å². The molecule has 0 saturated carbocycles. The zero-order valence-electron chi connectivity index (χ0n) is 27.2. The molecule has 0 radical (unpaired) electrons. The number of hydrogen-bond donors (Lipinski definition) is 0. The molecule has 3 aromatic carbocycles. The standard InChI is InChI=1S/C39H48O7/c1-28-34(42-26-31-15-17-32(40-3)18-16-31)23-36-35(44-28)24-37-33(45-36)19-20-38(43-27-30-13-8-5-9-14-30)39(2,46-37)21-10-22-41-25-29-11-6-4-7-12-29/h4-9,11-18,33-38H,1,10,19-27H2,2-3H3/t33-,34-,35-,36+,37+,38+,39-/m0/s1. The minimum absolute atomic E-state index is 0.0302. The maximum absolute atomic E-state index is 7.05. The molecule has 3 fully saturated rings. The second kappa shape index (κ2) is 15.6. The number of methoxy groups -OCH3 is 1. The van der Waals surface area contributed by atoms with Gasteiger partial charge < -0.3 is 33.2 Å². The molecule has 7 nitrogen and oxygen atoms in total. The zero-order valence-corrected chi connectivity index (χ0v) is 27.2. The highest BCUT2D eigenvalue weighted by Crippen LogP contribution is 2.42. The van der Waals surface area contributed by atoms with Gasteiger partial charge in [-0.25, -0.2) is 0 Å². The van der Waals surface area contributed by atoms with Crippen LogP contribution in [0.4, 0.5) is 0 Å². The van der Waals surface area contributed by atoms with Crippen LogP contribution >= 0.6 is 0 Å². The smallest absolute Gasteiger partial charge is 0.127 e. The van der Waals surface area contributed by atoms with E-state index in [9.17, 15) is 0 Å². The average molecular weight is 629 g/mol. The molecular weight excluding hydrogens is 580 g/mol. The molecule has 3 aliphatic rings. The van der Waals surface area contributed by atoms with E-state index in [1.807, 2.05) is 48.5 Å². The Morgan fingerprint density at radius 2 is 1.41 bits per heavy atom. The van der Waals surface area contributed by atoms with Crippen LogP contribution in [0.2, 0.25) is 0 Å². The van der Waals surface area contributed by atoms with Crippen LogP contribution in [0.1, 0.15) is 62.1 Å². The molecule has 3 aliphatic heterocycles. The minimum atomic E-state index is -0.490. The van der Waals surface area contributed by atoms with Crippen LogP contribution in [-0.4, -0.2) is 55.9 Å². The van der Waals surface area contributed by atoms with Gasteiger partial charge >= 0.3 is 0 Å². The Labute approximate surface area is 273 Å². The van der Waals surface area contributed by atoms with E-state index >= 15 is 0 Å². The van der Waals surface area contributed by atoms with Gasteiger partial charge in [0.15, 0.2) is 0 Å². The third kappa shape index (κ3) is 8.38. The van der Waals surface area contributed by atoms with Crippen LogP contribution in [0.15, 0.2) is 97.3 Å². The van der Waals surface area contributed by atoms with Gasteiger partial charge in [0.1, 0.15) is 23.7 Å². The van der Waals surface area contributed by atoms with Gasteiger partial charge in [-0.05, 0) is 61.4 Å². The van der Waals surface area contributed by atoms with Gasteiger partial charge in [0.05, 0.1) is 56.9 Å². The number of benzene rings is 3. The van der Waals surface area contributed by atoms with Crippen LogP contribution in [0.25, 0.3) is 0 Å². The lowest BCUT2D eigenvalue weighted by Gasteiger charge is -2.47. The van der Waals surface area contributed by atoms with E-state index in [4.69, 9.17) is 33.2 Å². The van der Waals surface area contributed by atoms with Gasteiger partial charge in [-0.2, -0.15) is 0 Å². The molecule has 0 spiro atoms. The van der Waals surface area contributed by atoms with Crippen molar-refractivity contribution in [3.8, 4) is 5.75 Å². The maximum Gasteiger partial charge on any atom is 0.127 e. The van der Waals surface area contributed by atoms with Crippen LogP contribution in [-0.2, 0) is 48.2 Å². The number of hydrogen-bond acceptors (Lipinski definition) is 7. The lowest BCUT2D eigenvalue weighted by atomic mass is 9.89. The molecule has 3 heterocycles. The van der Waals surface area contributed by atoms with Crippen LogP contribution in [0.5, 0.6) is 5.75 Å². The van der Waals surface area contributed by atoms with E-state index in [1.54, 1.807) is 7.11 Å². The minimum Gasteiger partial charge on any atom is -0.497 e. The molecule has 0 bridgehead atoms. The monoisotopic (exact) mass is 628 g/mol. The normalized spacial score (nSPS) is 29.2. The molecule has 0 aromatic heterocycles. The first-order chi connectivity index (χ1) is 22.5. The fourth-order valence-corrected chi connectivity index (χ4v) is 6.92. The van der Waals surface area contributed by atoms with Crippen molar-refractivity contribution in [2.24, 2.45) is 0 Å². The van der Waals surface area contributed by atoms with Crippen LogP contribution < -0.4 is 4.74 Å². The summed E-state index contributed by atoms with van der Waals surface area (Å²) >= 11 is 0. The summed E-state index contributed by atoms with van der Waals surface area (Å²) in [4.78, 5) is 0. The van der Waals surface area contributed by atoms with Crippen molar-refractivity contribution in [3.63, 3.8) is 0 Å². The Hall–Kier alpha value is -3.20. The number of fused-ring (bicyclic) bond motifs is 2. The summed E-state index contributed by atoms with van der Waals surface area (Å²) < 4.78 is 44.4. The van der Waals surface area contributed by atoms with Gasteiger partial charge in [-0.15, -0.1) is 0 Å². The van der Waals surface area contributed by atoms with Gasteiger partial charge in [0.25, 0.3) is 0 Å². The summed E-state index contributed by atoms with van der Waals surface area (Å²) in [5, 5.41) is 0. The fourth-order valence-electron chi connectivity index (χ4n) is 6.92. The largest absolute Gasteiger partial charge is 0.497 e. The summed E-state index contributed by atoms with van der Waals surface area (Å²) in [6.45, 7) is 8.72. The Kier molecular flexibility index (Phi) is 11.1. The molecule has 3 saturated heterocycles. The zero-order chi connectivity index (χ0) is 31.8. The second-order valence-corrected chi connectivity index (χ2v) is 12.9. The van der Waals surface area contributed by atoms with E-state index in [2.05, 4.69) is 49.9 Å². The summed E-state index contributed by atoms with van der Waals surface area (Å²) in [5.41, 5.74) is 2.93. The molecule has 3 aromatic rings. The molecule has 0 amide bonds. The van der Waals surface area contributed by atoms with Crippen LogP contribution in [0.3, 0.4) is 0 Å². The first-order valence-electron chi connectivity index (χ1n) is 16.7. The summed E-state index contributed by atoms with van der Waals surface area (Å²) in [5.74, 6) is 1.49. The van der Waals surface area contributed by atoms with Crippen molar-refractivity contribution in [1.82, 2.24) is 0 Å². The molecule has 0 N–H and O–H groups in total. The fraction of sp³-hybridized carbons (Fsp3) is 0.487. The first-order valence-corrected chi connectivity index (χ1v) is 16.7. The molecule has 7 heteroatoms. The average Bonchev–Trinajstić information content (AvgIpc) is 3.21. The molecule has 246 valence electrons. The quantitative estimate of drug-likeness (QED) is 0.181. The van der Waals surface area contributed by atoms with E-state index in [-0.39, 0.29) is 36.6 Å². The third-order valence-corrected chi connectivity index (χ3v) is 9.54. The molecule has 46 heavy (non-hydrogen) atoms.